The molecule has 1 aliphatic heterocycles. The average Bonchev–Trinajstić information content (AvgIpc) is 3.05. The number of rotatable bonds is 5. The van der Waals surface area contributed by atoms with Gasteiger partial charge in [0, 0.05) is 50.7 Å². The topological polar surface area (TPSA) is 61.4 Å². The summed E-state index contributed by atoms with van der Waals surface area (Å²) in [6, 6.07) is 15.9. The number of carbonyl (C=O) groups is 1. The third-order valence-corrected chi connectivity index (χ3v) is 6.09. The van der Waals surface area contributed by atoms with E-state index in [2.05, 4.69) is 58.0 Å². The number of nitrogens with one attached hydrogen (secondary N) is 1. The Balaban J connectivity index is 1.33. The molecule has 33 heavy (non-hydrogen) atoms. The Morgan fingerprint density at radius 2 is 1.70 bits per heavy atom. The van der Waals surface area contributed by atoms with Gasteiger partial charge in [0.05, 0.1) is 11.9 Å². The molecule has 0 bridgehead atoms. The molecule has 0 atom stereocenters. The van der Waals surface area contributed by atoms with Crippen molar-refractivity contribution >= 4 is 17.4 Å². The highest BCUT2D eigenvalue weighted by Gasteiger charge is 2.17. The zero-order valence-corrected chi connectivity index (χ0v) is 19.8. The molecule has 0 aliphatic carbocycles. The summed E-state index contributed by atoms with van der Waals surface area (Å²) in [4.78, 5) is 26.2. The fourth-order valence-corrected chi connectivity index (χ4v) is 4.08. The first-order valence-corrected chi connectivity index (χ1v) is 11.6. The molecule has 2 aromatic heterocycles. The van der Waals surface area contributed by atoms with Crippen LogP contribution in [0.25, 0.3) is 0 Å². The number of hydrogen-bond donors (Lipinski definition) is 1. The van der Waals surface area contributed by atoms with Gasteiger partial charge < -0.3 is 10.2 Å². The smallest absolute Gasteiger partial charge is 0.255 e. The van der Waals surface area contributed by atoms with Gasteiger partial charge in [-0.15, -0.1) is 0 Å². The molecule has 0 spiro atoms. The molecule has 3 heterocycles. The Bertz CT molecular complexity index is 1040. The lowest BCUT2D eigenvalue weighted by atomic mass is 9.87. The Labute approximate surface area is 196 Å². The Hall–Kier alpha value is -3.25. The van der Waals surface area contributed by atoms with Crippen LogP contribution in [0.3, 0.4) is 0 Å². The second kappa shape index (κ2) is 10.1. The van der Waals surface area contributed by atoms with Gasteiger partial charge in [0.15, 0.2) is 0 Å². The van der Waals surface area contributed by atoms with Gasteiger partial charge in [0.1, 0.15) is 5.82 Å². The summed E-state index contributed by atoms with van der Waals surface area (Å²) in [6.45, 7) is 11.4. The van der Waals surface area contributed by atoms with E-state index in [-0.39, 0.29) is 11.3 Å². The number of carbonyl (C=O) groups excluding carboxylic acids is 1. The van der Waals surface area contributed by atoms with E-state index in [0.717, 1.165) is 45.0 Å². The van der Waals surface area contributed by atoms with Crippen LogP contribution < -0.4 is 10.2 Å². The molecule has 1 aliphatic rings. The molecule has 0 unspecified atom stereocenters. The molecule has 4 rings (SSSR count). The molecule has 3 aromatic rings. The van der Waals surface area contributed by atoms with Crippen molar-refractivity contribution in [2.75, 3.05) is 36.4 Å². The number of anilines is 2. The number of benzene rings is 1. The quantitative estimate of drug-likeness (QED) is 0.617. The SMILES string of the molecule is CC(C)(C)c1ccc(C(=O)Nc2ccc(N3CCCN(Cc4ccncc4)CC3)nc2)cc1. The van der Waals surface area contributed by atoms with E-state index in [9.17, 15) is 4.79 Å². The van der Waals surface area contributed by atoms with Gasteiger partial charge in [-0.2, -0.15) is 0 Å². The number of hydrogen-bond acceptors (Lipinski definition) is 5. The van der Waals surface area contributed by atoms with Gasteiger partial charge in [-0.25, -0.2) is 4.98 Å². The number of pyridine rings is 2. The van der Waals surface area contributed by atoms with Crippen LogP contribution in [0.2, 0.25) is 0 Å². The van der Waals surface area contributed by atoms with E-state index in [0.29, 0.717) is 11.3 Å². The molecular weight excluding hydrogens is 410 g/mol. The van der Waals surface area contributed by atoms with Crippen molar-refractivity contribution in [3.63, 3.8) is 0 Å². The van der Waals surface area contributed by atoms with E-state index in [4.69, 9.17) is 0 Å². The number of aromatic nitrogens is 2. The summed E-state index contributed by atoms with van der Waals surface area (Å²) in [5, 5.41) is 2.96. The lowest BCUT2D eigenvalue weighted by molar-refractivity contribution is 0.102. The molecule has 1 saturated heterocycles. The Morgan fingerprint density at radius 3 is 2.36 bits per heavy atom. The highest BCUT2D eigenvalue weighted by molar-refractivity contribution is 6.04. The maximum Gasteiger partial charge on any atom is 0.255 e. The third-order valence-electron chi connectivity index (χ3n) is 6.09. The zero-order valence-electron chi connectivity index (χ0n) is 19.8. The van der Waals surface area contributed by atoms with Crippen LogP contribution in [0.4, 0.5) is 11.5 Å². The second-order valence-corrected chi connectivity index (χ2v) is 9.66. The van der Waals surface area contributed by atoms with Crippen LogP contribution in [-0.4, -0.2) is 47.0 Å². The van der Waals surface area contributed by atoms with Gasteiger partial charge in [-0.05, 0) is 59.4 Å². The monoisotopic (exact) mass is 443 g/mol. The standard InChI is InChI=1S/C27H33N5O/c1-27(2,3)23-7-5-22(6-8-23)26(33)30-24-9-10-25(29-19-24)32-16-4-15-31(17-18-32)20-21-11-13-28-14-12-21/h5-14,19H,4,15-18,20H2,1-3H3,(H,30,33). The predicted octanol–water partition coefficient (Wildman–Crippen LogP) is 4.74. The molecule has 172 valence electrons. The Kier molecular flexibility index (Phi) is 7.04. The number of amides is 1. The Morgan fingerprint density at radius 1 is 0.939 bits per heavy atom. The van der Waals surface area contributed by atoms with Crippen LogP contribution in [0.1, 0.15) is 48.7 Å². The summed E-state index contributed by atoms with van der Waals surface area (Å²) >= 11 is 0. The van der Waals surface area contributed by atoms with Crippen molar-refractivity contribution in [1.82, 2.24) is 14.9 Å². The van der Waals surface area contributed by atoms with Crippen molar-refractivity contribution in [2.45, 2.75) is 39.2 Å². The van der Waals surface area contributed by atoms with E-state index in [1.807, 2.05) is 48.8 Å². The first-order chi connectivity index (χ1) is 15.9. The largest absolute Gasteiger partial charge is 0.355 e. The number of nitrogens with zero attached hydrogens (tertiary/aromatic N) is 4. The minimum Gasteiger partial charge on any atom is -0.355 e. The molecular formula is C27H33N5O. The lowest BCUT2D eigenvalue weighted by Gasteiger charge is -2.23. The minimum atomic E-state index is -0.119. The van der Waals surface area contributed by atoms with E-state index < -0.39 is 0 Å². The molecule has 1 N–H and O–H groups in total. The van der Waals surface area contributed by atoms with Gasteiger partial charge in [-0.3, -0.25) is 14.7 Å². The van der Waals surface area contributed by atoms with E-state index in [1.54, 1.807) is 6.20 Å². The first kappa shape index (κ1) is 22.9. The lowest BCUT2D eigenvalue weighted by Crippen LogP contribution is -2.31. The van der Waals surface area contributed by atoms with Gasteiger partial charge >= 0.3 is 0 Å². The summed E-state index contributed by atoms with van der Waals surface area (Å²) in [5.41, 5.74) is 3.93. The van der Waals surface area contributed by atoms with Gasteiger partial charge in [0.25, 0.3) is 5.91 Å². The predicted molar refractivity (Wildman–Crippen MR) is 134 cm³/mol. The fraction of sp³-hybridized carbons (Fsp3) is 0.370. The highest BCUT2D eigenvalue weighted by Crippen LogP contribution is 2.23. The van der Waals surface area contributed by atoms with Gasteiger partial charge in [-0.1, -0.05) is 32.9 Å². The van der Waals surface area contributed by atoms with Crippen molar-refractivity contribution in [1.29, 1.82) is 0 Å². The van der Waals surface area contributed by atoms with Crippen LogP contribution in [0.5, 0.6) is 0 Å². The maximum absolute atomic E-state index is 12.6. The molecule has 0 radical (unpaired) electrons. The molecule has 0 saturated carbocycles. The fourth-order valence-electron chi connectivity index (χ4n) is 4.08. The second-order valence-electron chi connectivity index (χ2n) is 9.66. The van der Waals surface area contributed by atoms with Gasteiger partial charge in [0.2, 0.25) is 0 Å². The van der Waals surface area contributed by atoms with Crippen molar-refractivity contribution in [2.24, 2.45) is 0 Å². The van der Waals surface area contributed by atoms with Crippen LogP contribution >= 0.6 is 0 Å². The maximum atomic E-state index is 12.6. The normalized spacial score (nSPS) is 15.2. The van der Waals surface area contributed by atoms with Crippen LogP contribution in [0.15, 0.2) is 67.1 Å². The van der Waals surface area contributed by atoms with Crippen molar-refractivity contribution < 1.29 is 4.79 Å². The van der Waals surface area contributed by atoms with Crippen molar-refractivity contribution in [3.8, 4) is 0 Å². The summed E-state index contributed by atoms with van der Waals surface area (Å²) in [5.74, 6) is 0.833. The van der Waals surface area contributed by atoms with E-state index in [1.165, 1.54) is 11.1 Å². The van der Waals surface area contributed by atoms with Crippen LogP contribution in [-0.2, 0) is 12.0 Å². The summed E-state index contributed by atoms with van der Waals surface area (Å²) in [7, 11) is 0. The van der Waals surface area contributed by atoms with Crippen LogP contribution in [0, 0.1) is 0 Å². The minimum absolute atomic E-state index is 0.0676. The molecule has 1 fully saturated rings. The first-order valence-electron chi connectivity index (χ1n) is 11.6. The molecule has 1 amide bonds. The zero-order chi connectivity index (χ0) is 23.3. The molecule has 6 nitrogen and oxygen atoms in total. The third kappa shape index (κ3) is 6.17. The van der Waals surface area contributed by atoms with E-state index >= 15 is 0 Å². The van der Waals surface area contributed by atoms with Crippen molar-refractivity contribution in [3.05, 3.63) is 83.8 Å². The molecule has 1 aromatic carbocycles. The average molecular weight is 444 g/mol. The summed E-state index contributed by atoms with van der Waals surface area (Å²) < 4.78 is 0. The highest BCUT2D eigenvalue weighted by atomic mass is 16.1. The molecule has 6 heteroatoms. The summed E-state index contributed by atoms with van der Waals surface area (Å²) in [6.07, 6.45) is 6.54.